The van der Waals surface area contributed by atoms with Gasteiger partial charge in [0.1, 0.15) is 5.82 Å². The molecule has 0 spiro atoms. The van der Waals surface area contributed by atoms with Crippen LogP contribution in [-0.2, 0) is 0 Å². The number of benzene rings is 2. The Labute approximate surface area is 118 Å². The van der Waals surface area contributed by atoms with Gasteiger partial charge in [-0.3, -0.25) is 9.59 Å². The van der Waals surface area contributed by atoms with Crippen LogP contribution >= 0.6 is 0 Å². The standard InChI is InChI=1S/C15H8FNO4/c16-11-6-2-5-10-12(11)14(19)17(13(10)18)9-4-1-3-8(7-9)15(20)21/h1-7H,(H,20,21)/p-1. The van der Waals surface area contributed by atoms with Crippen molar-refractivity contribution in [2.45, 2.75) is 0 Å². The summed E-state index contributed by atoms with van der Waals surface area (Å²) in [5, 5.41) is 10.8. The second-order valence-corrected chi connectivity index (χ2v) is 4.45. The van der Waals surface area contributed by atoms with Crippen molar-refractivity contribution < 1.29 is 23.9 Å². The maximum absolute atomic E-state index is 13.7. The molecule has 0 aromatic heterocycles. The van der Waals surface area contributed by atoms with Gasteiger partial charge in [-0.05, 0) is 29.8 Å². The van der Waals surface area contributed by atoms with Crippen molar-refractivity contribution in [1.82, 2.24) is 0 Å². The molecule has 2 amide bonds. The number of carboxylic acids is 1. The molecule has 0 fully saturated rings. The molecule has 2 aromatic carbocycles. The van der Waals surface area contributed by atoms with E-state index >= 15 is 0 Å². The topological polar surface area (TPSA) is 77.5 Å². The van der Waals surface area contributed by atoms with Gasteiger partial charge in [0.05, 0.1) is 22.8 Å². The Balaban J connectivity index is 2.12. The van der Waals surface area contributed by atoms with Crippen LogP contribution in [0, 0.1) is 5.82 Å². The van der Waals surface area contributed by atoms with Crippen LogP contribution in [0.25, 0.3) is 0 Å². The van der Waals surface area contributed by atoms with E-state index in [9.17, 15) is 23.9 Å². The van der Waals surface area contributed by atoms with Crippen LogP contribution in [0.1, 0.15) is 31.1 Å². The van der Waals surface area contributed by atoms with E-state index in [0.29, 0.717) is 0 Å². The molecule has 2 aromatic rings. The number of halogens is 1. The smallest absolute Gasteiger partial charge is 0.269 e. The van der Waals surface area contributed by atoms with E-state index in [-0.39, 0.29) is 22.4 Å². The van der Waals surface area contributed by atoms with Crippen molar-refractivity contribution in [1.29, 1.82) is 0 Å². The zero-order chi connectivity index (χ0) is 15.1. The molecule has 0 atom stereocenters. The number of carboxylic acid groups (broad SMARTS) is 1. The van der Waals surface area contributed by atoms with Gasteiger partial charge in [0.25, 0.3) is 11.8 Å². The summed E-state index contributed by atoms with van der Waals surface area (Å²) >= 11 is 0. The molecular weight excluding hydrogens is 277 g/mol. The van der Waals surface area contributed by atoms with E-state index in [1.54, 1.807) is 0 Å². The fourth-order valence-corrected chi connectivity index (χ4v) is 2.25. The van der Waals surface area contributed by atoms with Crippen LogP contribution in [0.15, 0.2) is 42.5 Å². The number of rotatable bonds is 2. The van der Waals surface area contributed by atoms with E-state index < -0.39 is 23.6 Å². The Kier molecular flexibility index (Phi) is 2.79. The van der Waals surface area contributed by atoms with Gasteiger partial charge in [-0.15, -0.1) is 0 Å². The number of carbonyl (C=O) groups is 3. The molecule has 6 heteroatoms. The van der Waals surface area contributed by atoms with Gasteiger partial charge in [0.15, 0.2) is 0 Å². The van der Waals surface area contributed by atoms with Crippen molar-refractivity contribution >= 4 is 23.5 Å². The highest BCUT2D eigenvalue weighted by Crippen LogP contribution is 2.30. The predicted octanol–water partition coefficient (Wildman–Crippen LogP) is 0.990. The second-order valence-electron chi connectivity index (χ2n) is 4.45. The van der Waals surface area contributed by atoms with Crippen molar-refractivity contribution in [3.05, 3.63) is 65.0 Å². The maximum atomic E-state index is 13.7. The van der Waals surface area contributed by atoms with Gasteiger partial charge in [-0.1, -0.05) is 18.2 Å². The molecule has 104 valence electrons. The number of fused-ring (bicyclic) bond motifs is 1. The first-order valence-electron chi connectivity index (χ1n) is 5.99. The van der Waals surface area contributed by atoms with Gasteiger partial charge in [0.2, 0.25) is 0 Å². The summed E-state index contributed by atoms with van der Waals surface area (Å²) in [4.78, 5) is 36.0. The van der Waals surface area contributed by atoms with Gasteiger partial charge >= 0.3 is 0 Å². The lowest BCUT2D eigenvalue weighted by molar-refractivity contribution is -0.255. The minimum atomic E-state index is -1.43. The highest BCUT2D eigenvalue weighted by Gasteiger charge is 2.38. The Morgan fingerprint density at radius 2 is 1.76 bits per heavy atom. The average Bonchev–Trinajstić information content (AvgIpc) is 2.72. The molecule has 3 rings (SSSR count). The molecule has 0 unspecified atom stereocenters. The molecule has 0 bridgehead atoms. The molecule has 1 heterocycles. The zero-order valence-electron chi connectivity index (χ0n) is 10.5. The number of aromatic carboxylic acids is 1. The molecule has 0 N–H and O–H groups in total. The average molecular weight is 284 g/mol. The second kappa shape index (κ2) is 4.52. The van der Waals surface area contributed by atoms with E-state index in [1.165, 1.54) is 30.3 Å². The van der Waals surface area contributed by atoms with E-state index in [4.69, 9.17) is 0 Å². The van der Waals surface area contributed by atoms with E-state index in [2.05, 4.69) is 0 Å². The van der Waals surface area contributed by atoms with Gasteiger partial charge in [-0.25, -0.2) is 9.29 Å². The Bertz CT molecular complexity index is 800. The third-order valence-electron chi connectivity index (χ3n) is 3.20. The minimum absolute atomic E-state index is 0.0427. The van der Waals surface area contributed by atoms with Gasteiger partial charge < -0.3 is 9.90 Å². The Morgan fingerprint density at radius 3 is 2.43 bits per heavy atom. The summed E-state index contributed by atoms with van der Waals surface area (Å²) in [6.45, 7) is 0. The maximum Gasteiger partial charge on any atom is 0.269 e. The largest absolute Gasteiger partial charge is 0.545 e. The summed E-state index contributed by atoms with van der Waals surface area (Å²) in [5.41, 5.74) is -0.466. The zero-order valence-corrected chi connectivity index (χ0v) is 10.5. The lowest BCUT2D eigenvalue weighted by Gasteiger charge is -2.15. The fourth-order valence-electron chi connectivity index (χ4n) is 2.25. The molecule has 1 aliphatic rings. The minimum Gasteiger partial charge on any atom is -0.545 e. The fraction of sp³-hybridized carbons (Fsp3) is 0. The monoisotopic (exact) mass is 284 g/mol. The summed E-state index contributed by atoms with van der Waals surface area (Å²) in [6.07, 6.45) is 0. The van der Waals surface area contributed by atoms with Crippen LogP contribution in [0.5, 0.6) is 0 Å². The number of amides is 2. The van der Waals surface area contributed by atoms with Crippen molar-refractivity contribution in [3.8, 4) is 0 Å². The van der Waals surface area contributed by atoms with E-state index in [0.717, 1.165) is 17.0 Å². The molecule has 1 aliphatic heterocycles. The number of anilines is 1. The lowest BCUT2D eigenvalue weighted by atomic mass is 10.1. The number of hydrogen-bond donors (Lipinski definition) is 0. The Hall–Kier alpha value is -3.02. The number of hydrogen-bond acceptors (Lipinski definition) is 4. The molecule has 0 saturated heterocycles. The van der Waals surface area contributed by atoms with Crippen molar-refractivity contribution in [3.63, 3.8) is 0 Å². The third-order valence-corrected chi connectivity index (χ3v) is 3.20. The molecule has 0 radical (unpaired) electrons. The van der Waals surface area contributed by atoms with Gasteiger partial charge in [-0.2, -0.15) is 0 Å². The molecular formula is C15H7FNO4-. The quantitative estimate of drug-likeness (QED) is 0.770. The molecule has 0 aliphatic carbocycles. The summed E-state index contributed by atoms with van der Waals surface area (Å²) in [6, 6.07) is 8.95. The third kappa shape index (κ3) is 1.88. The SMILES string of the molecule is O=C([O-])c1cccc(N2C(=O)c3cccc(F)c3C2=O)c1. The van der Waals surface area contributed by atoms with Crippen LogP contribution < -0.4 is 10.0 Å². The van der Waals surface area contributed by atoms with Crippen molar-refractivity contribution in [2.24, 2.45) is 0 Å². The first-order chi connectivity index (χ1) is 10.0. The van der Waals surface area contributed by atoms with Crippen molar-refractivity contribution in [2.75, 3.05) is 4.90 Å². The normalized spacial score (nSPS) is 13.5. The lowest BCUT2D eigenvalue weighted by Crippen LogP contribution is -2.30. The van der Waals surface area contributed by atoms with Crippen LogP contribution in [-0.4, -0.2) is 17.8 Å². The number of nitrogens with zero attached hydrogens (tertiary/aromatic N) is 1. The van der Waals surface area contributed by atoms with Crippen LogP contribution in [0.4, 0.5) is 10.1 Å². The summed E-state index contributed by atoms with van der Waals surface area (Å²) in [5.74, 6) is -3.72. The molecule has 0 saturated carbocycles. The van der Waals surface area contributed by atoms with E-state index in [1.807, 2.05) is 0 Å². The van der Waals surface area contributed by atoms with Crippen LogP contribution in [0.2, 0.25) is 0 Å². The summed E-state index contributed by atoms with van der Waals surface area (Å²) in [7, 11) is 0. The highest BCUT2D eigenvalue weighted by atomic mass is 19.1. The number of carbonyl (C=O) groups excluding carboxylic acids is 3. The van der Waals surface area contributed by atoms with Gasteiger partial charge in [0, 0.05) is 0 Å². The summed E-state index contributed by atoms with van der Waals surface area (Å²) < 4.78 is 13.7. The molecule has 5 nitrogen and oxygen atoms in total. The van der Waals surface area contributed by atoms with Crippen LogP contribution in [0.3, 0.4) is 0 Å². The molecule has 21 heavy (non-hydrogen) atoms. The first kappa shape index (κ1) is 13.0. The first-order valence-corrected chi connectivity index (χ1v) is 5.99. The number of imide groups is 1. The highest BCUT2D eigenvalue weighted by molar-refractivity contribution is 6.34. The predicted molar refractivity (Wildman–Crippen MR) is 68.3 cm³/mol. The Morgan fingerprint density at radius 1 is 1.05 bits per heavy atom.